The van der Waals surface area contributed by atoms with Crippen LogP contribution in [-0.4, -0.2) is 54.5 Å². The fourth-order valence-electron chi connectivity index (χ4n) is 4.47. The summed E-state index contributed by atoms with van der Waals surface area (Å²) in [6.45, 7) is 1.79. The minimum Gasteiger partial charge on any atom is -0.353 e. The number of halogens is 3. The van der Waals surface area contributed by atoms with Crippen LogP contribution in [0.5, 0.6) is 0 Å². The zero-order chi connectivity index (χ0) is 25.9. The molecular formula is C23H27ClF2N4O5. The van der Waals surface area contributed by atoms with E-state index in [1.807, 2.05) is 0 Å². The van der Waals surface area contributed by atoms with Crippen LogP contribution in [0.25, 0.3) is 0 Å². The van der Waals surface area contributed by atoms with Crippen molar-refractivity contribution >= 4 is 46.7 Å². The van der Waals surface area contributed by atoms with Crippen molar-refractivity contribution in [3.05, 3.63) is 28.8 Å². The van der Waals surface area contributed by atoms with Crippen LogP contribution in [0.15, 0.2) is 18.2 Å². The SMILES string of the molecule is CNC(=O)C(=O)[C@H](C[C@@H]1C[C@@H](C)NC1=O)NC(=O)c1cc(Cl)ccc1NC(=O)C1CCCC1(F)F. The molecule has 3 rings (SSSR count). The van der Waals surface area contributed by atoms with Crippen LogP contribution in [0, 0.1) is 11.8 Å². The van der Waals surface area contributed by atoms with Gasteiger partial charge in [-0.3, -0.25) is 24.0 Å². The Balaban J connectivity index is 1.83. The smallest absolute Gasteiger partial charge is 0.289 e. The third kappa shape index (κ3) is 6.14. The lowest BCUT2D eigenvalue weighted by atomic mass is 9.93. The quantitative estimate of drug-likeness (QED) is 0.396. The number of rotatable bonds is 8. The van der Waals surface area contributed by atoms with Crippen molar-refractivity contribution in [3.63, 3.8) is 0 Å². The molecule has 0 aromatic heterocycles. The first-order chi connectivity index (χ1) is 16.4. The van der Waals surface area contributed by atoms with Crippen LogP contribution < -0.4 is 21.3 Å². The number of hydrogen-bond acceptors (Lipinski definition) is 5. The second kappa shape index (κ2) is 10.7. The van der Waals surface area contributed by atoms with Gasteiger partial charge in [0.2, 0.25) is 17.6 Å². The average Bonchev–Trinajstić information content (AvgIpc) is 3.32. The Morgan fingerprint density at radius 1 is 1.26 bits per heavy atom. The summed E-state index contributed by atoms with van der Waals surface area (Å²) < 4.78 is 28.1. The number of benzene rings is 1. The predicted octanol–water partition coefficient (Wildman–Crippen LogP) is 2.04. The van der Waals surface area contributed by atoms with Gasteiger partial charge in [-0.15, -0.1) is 0 Å². The Bertz CT molecular complexity index is 1050. The Kier molecular flexibility index (Phi) is 8.09. The van der Waals surface area contributed by atoms with Gasteiger partial charge in [-0.1, -0.05) is 11.6 Å². The molecule has 12 heteroatoms. The van der Waals surface area contributed by atoms with Crippen molar-refractivity contribution in [2.45, 2.75) is 57.0 Å². The van der Waals surface area contributed by atoms with E-state index >= 15 is 0 Å². The van der Waals surface area contributed by atoms with E-state index < -0.39 is 53.7 Å². The fraction of sp³-hybridized carbons (Fsp3) is 0.522. The summed E-state index contributed by atoms with van der Waals surface area (Å²) in [6.07, 6.45) is 0.120. The van der Waals surface area contributed by atoms with Crippen molar-refractivity contribution in [2.75, 3.05) is 12.4 Å². The van der Waals surface area contributed by atoms with Crippen LogP contribution in [0.3, 0.4) is 0 Å². The highest BCUT2D eigenvalue weighted by Crippen LogP contribution is 2.41. The Morgan fingerprint density at radius 2 is 1.97 bits per heavy atom. The monoisotopic (exact) mass is 512 g/mol. The molecule has 1 aromatic rings. The molecular weight excluding hydrogens is 486 g/mol. The zero-order valence-electron chi connectivity index (χ0n) is 19.3. The summed E-state index contributed by atoms with van der Waals surface area (Å²) in [5.41, 5.74) is -0.246. The first-order valence-electron chi connectivity index (χ1n) is 11.3. The van der Waals surface area contributed by atoms with E-state index in [9.17, 15) is 32.8 Å². The van der Waals surface area contributed by atoms with Gasteiger partial charge in [0.15, 0.2) is 0 Å². The molecule has 0 bridgehead atoms. The number of alkyl halides is 2. The van der Waals surface area contributed by atoms with E-state index in [1.165, 1.54) is 25.2 Å². The number of carbonyl (C=O) groups excluding carboxylic acids is 5. The van der Waals surface area contributed by atoms with Gasteiger partial charge in [0.05, 0.1) is 17.3 Å². The first-order valence-corrected chi connectivity index (χ1v) is 11.7. The topological polar surface area (TPSA) is 133 Å². The van der Waals surface area contributed by atoms with E-state index in [0.29, 0.717) is 6.42 Å². The minimum atomic E-state index is -3.15. The molecule has 4 amide bonds. The number of carbonyl (C=O) groups is 5. The molecule has 1 aliphatic heterocycles. The first kappa shape index (κ1) is 26.5. The molecule has 1 saturated carbocycles. The number of amides is 4. The average molecular weight is 513 g/mol. The summed E-state index contributed by atoms with van der Waals surface area (Å²) in [4.78, 5) is 62.5. The normalized spacial score (nSPS) is 23.8. The molecule has 1 aliphatic carbocycles. The summed E-state index contributed by atoms with van der Waals surface area (Å²) in [5.74, 6) is -9.28. The van der Waals surface area contributed by atoms with Gasteiger partial charge >= 0.3 is 0 Å². The molecule has 1 unspecified atom stereocenters. The summed E-state index contributed by atoms with van der Waals surface area (Å²) >= 11 is 6.02. The van der Waals surface area contributed by atoms with Gasteiger partial charge in [-0.2, -0.15) is 0 Å². The number of nitrogens with one attached hydrogen (secondary N) is 4. The maximum absolute atomic E-state index is 14.0. The second-order valence-corrected chi connectivity index (χ2v) is 9.37. The lowest BCUT2D eigenvalue weighted by Crippen LogP contribution is -2.48. The van der Waals surface area contributed by atoms with E-state index in [0.717, 1.165) is 0 Å². The van der Waals surface area contributed by atoms with Crippen LogP contribution in [0.4, 0.5) is 14.5 Å². The van der Waals surface area contributed by atoms with Gasteiger partial charge in [-0.05, 0) is 50.8 Å². The molecule has 4 N–H and O–H groups in total. The van der Waals surface area contributed by atoms with Crippen molar-refractivity contribution in [2.24, 2.45) is 11.8 Å². The lowest BCUT2D eigenvalue weighted by Gasteiger charge is -2.22. The van der Waals surface area contributed by atoms with Crippen LogP contribution >= 0.6 is 11.6 Å². The highest BCUT2D eigenvalue weighted by Gasteiger charge is 2.48. The largest absolute Gasteiger partial charge is 0.353 e. The van der Waals surface area contributed by atoms with Crippen molar-refractivity contribution < 1.29 is 32.8 Å². The van der Waals surface area contributed by atoms with Gasteiger partial charge in [-0.25, -0.2) is 8.78 Å². The van der Waals surface area contributed by atoms with E-state index in [4.69, 9.17) is 11.6 Å². The third-order valence-corrected chi connectivity index (χ3v) is 6.54. The van der Waals surface area contributed by atoms with Gasteiger partial charge in [0, 0.05) is 30.5 Å². The summed E-state index contributed by atoms with van der Waals surface area (Å²) in [6, 6.07) is 2.42. The number of Topliss-reactive ketones (excluding diaryl/α,β-unsaturated/α-hetero) is 1. The van der Waals surface area contributed by atoms with E-state index in [2.05, 4.69) is 21.3 Å². The van der Waals surface area contributed by atoms with Crippen LogP contribution in [0.1, 0.15) is 49.4 Å². The summed E-state index contributed by atoms with van der Waals surface area (Å²) in [5, 5.41) is 9.86. The Morgan fingerprint density at radius 3 is 2.54 bits per heavy atom. The molecule has 4 atom stereocenters. The standard InChI is InChI=1S/C23H27ClF2N4O5/c1-11-8-12(19(32)28-11)9-17(18(31)22(35)27-2)30-20(33)14-10-13(24)5-6-16(14)29-21(34)15-4-3-7-23(15,25)26/h5-6,10-12,15,17H,3-4,7-9H2,1-2H3,(H,27,35)(H,28,32)(H,29,34)(H,30,33)/t11-,12+,15?,17+/m1/s1. The van der Waals surface area contributed by atoms with Gasteiger partial charge in [0.25, 0.3) is 17.7 Å². The zero-order valence-corrected chi connectivity index (χ0v) is 20.0. The van der Waals surface area contributed by atoms with Gasteiger partial charge in [0.1, 0.15) is 5.92 Å². The molecule has 9 nitrogen and oxygen atoms in total. The van der Waals surface area contributed by atoms with Crippen molar-refractivity contribution in [3.8, 4) is 0 Å². The van der Waals surface area contributed by atoms with Crippen molar-refractivity contribution in [1.82, 2.24) is 16.0 Å². The van der Waals surface area contributed by atoms with Crippen LogP contribution in [-0.2, 0) is 19.2 Å². The highest BCUT2D eigenvalue weighted by molar-refractivity contribution is 6.38. The van der Waals surface area contributed by atoms with Gasteiger partial charge < -0.3 is 21.3 Å². The van der Waals surface area contributed by atoms with E-state index in [1.54, 1.807) is 6.92 Å². The third-order valence-electron chi connectivity index (χ3n) is 6.30. The molecule has 190 valence electrons. The Labute approximate surface area is 205 Å². The maximum Gasteiger partial charge on any atom is 0.289 e. The van der Waals surface area contributed by atoms with E-state index in [-0.39, 0.29) is 47.5 Å². The van der Waals surface area contributed by atoms with Crippen LogP contribution in [0.2, 0.25) is 5.02 Å². The Hall–Kier alpha value is -3.08. The maximum atomic E-state index is 14.0. The fourth-order valence-corrected chi connectivity index (χ4v) is 4.65. The minimum absolute atomic E-state index is 0.0124. The summed E-state index contributed by atoms with van der Waals surface area (Å²) in [7, 11) is 1.26. The second-order valence-electron chi connectivity index (χ2n) is 8.93. The molecule has 0 spiro atoms. The number of likely N-dealkylation sites (N-methyl/N-ethyl adjacent to an activating group) is 1. The molecule has 2 fully saturated rings. The molecule has 1 aromatic carbocycles. The lowest BCUT2D eigenvalue weighted by molar-refractivity contribution is -0.139. The number of ketones is 1. The molecule has 1 heterocycles. The molecule has 35 heavy (non-hydrogen) atoms. The molecule has 1 saturated heterocycles. The molecule has 0 radical (unpaired) electrons. The molecule has 2 aliphatic rings. The highest BCUT2D eigenvalue weighted by atomic mass is 35.5. The van der Waals surface area contributed by atoms with Crippen molar-refractivity contribution in [1.29, 1.82) is 0 Å². The number of anilines is 1. The predicted molar refractivity (Wildman–Crippen MR) is 123 cm³/mol. The number of hydrogen-bond donors (Lipinski definition) is 4.